The van der Waals surface area contributed by atoms with E-state index >= 15 is 0 Å². The second-order valence-corrected chi connectivity index (χ2v) is 6.30. The van der Waals surface area contributed by atoms with E-state index in [1.54, 1.807) is 0 Å². The molecule has 0 saturated heterocycles. The van der Waals surface area contributed by atoms with Crippen LogP contribution in [-0.4, -0.2) is 28.8 Å². The Hall–Kier alpha value is -2.15. The zero-order valence-corrected chi connectivity index (χ0v) is 15.3. The number of carbonyl (C=O) groups is 1. The average molecular weight is 349 g/mol. The van der Waals surface area contributed by atoms with Crippen molar-refractivity contribution in [1.82, 2.24) is 10.2 Å². The topological polar surface area (TPSA) is 73.3 Å². The van der Waals surface area contributed by atoms with Crippen molar-refractivity contribution in [2.75, 3.05) is 11.9 Å². The van der Waals surface area contributed by atoms with Gasteiger partial charge in [0.05, 0.1) is 6.61 Å². The predicted molar refractivity (Wildman–Crippen MR) is 95.0 cm³/mol. The number of ether oxygens (including phenoxy) is 2. The number of rotatable bonds is 8. The normalized spacial score (nSPS) is 11.8. The Labute approximate surface area is 146 Å². The summed E-state index contributed by atoms with van der Waals surface area (Å²) in [5, 5.41) is 12.1. The predicted octanol–water partition coefficient (Wildman–Crippen LogP) is 3.60. The Bertz CT molecular complexity index is 687. The van der Waals surface area contributed by atoms with Crippen LogP contribution in [0.5, 0.6) is 11.5 Å². The zero-order valence-electron chi connectivity index (χ0n) is 14.5. The van der Waals surface area contributed by atoms with Gasteiger partial charge in [0.2, 0.25) is 5.13 Å². The summed E-state index contributed by atoms with van der Waals surface area (Å²) in [4.78, 5) is 12.4. The van der Waals surface area contributed by atoms with Gasteiger partial charge < -0.3 is 9.47 Å². The van der Waals surface area contributed by atoms with Gasteiger partial charge in [0.25, 0.3) is 5.91 Å². The monoisotopic (exact) mass is 349 g/mol. The summed E-state index contributed by atoms with van der Waals surface area (Å²) in [5.74, 6) is 0.975. The molecule has 2 aromatic rings. The summed E-state index contributed by atoms with van der Waals surface area (Å²) >= 11 is 1.37. The molecular weight excluding hydrogens is 326 g/mol. The summed E-state index contributed by atoms with van der Waals surface area (Å²) in [7, 11) is 0. The van der Waals surface area contributed by atoms with E-state index in [1.165, 1.54) is 11.3 Å². The molecule has 1 aromatic carbocycles. The highest BCUT2D eigenvalue weighted by atomic mass is 32.1. The van der Waals surface area contributed by atoms with Crippen molar-refractivity contribution in [2.24, 2.45) is 0 Å². The molecule has 1 atom stereocenters. The molecule has 0 aliphatic rings. The van der Waals surface area contributed by atoms with Gasteiger partial charge in [-0.15, -0.1) is 10.2 Å². The molecule has 0 bridgehead atoms. The molecule has 1 heterocycles. The molecule has 0 spiro atoms. The fourth-order valence-corrected chi connectivity index (χ4v) is 2.77. The summed E-state index contributed by atoms with van der Waals surface area (Å²) in [6.07, 6.45) is 0.702. The van der Waals surface area contributed by atoms with Gasteiger partial charge in [-0.1, -0.05) is 31.3 Å². The fourth-order valence-electron chi connectivity index (χ4n) is 2.09. The number of nitrogens with zero attached hydrogens (tertiary/aromatic N) is 2. The van der Waals surface area contributed by atoms with Crippen LogP contribution in [-0.2, 0) is 11.2 Å². The van der Waals surface area contributed by atoms with E-state index in [2.05, 4.69) is 15.5 Å². The zero-order chi connectivity index (χ0) is 17.5. The van der Waals surface area contributed by atoms with Gasteiger partial charge >= 0.3 is 0 Å². The molecule has 1 amide bonds. The third-order valence-electron chi connectivity index (χ3n) is 3.33. The summed E-state index contributed by atoms with van der Waals surface area (Å²) in [6.45, 7) is 8.33. The first-order valence-electron chi connectivity index (χ1n) is 8.10. The van der Waals surface area contributed by atoms with Crippen molar-refractivity contribution in [3.8, 4) is 11.5 Å². The lowest BCUT2D eigenvalue weighted by molar-refractivity contribution is -0.122. The number of carbonyl (C=O) groups excluding carboxylic acids is 1. The van der Waals surface area contributed by atoms with Gasteiger partial charge in [-0.05, 0) is 44.4 Å². The van der Waals surface area contributed by atoms with E-state index in [9.17, 15) is 4.79 Å². The van der Waals surface area contributed by atoms with Gasteiger partial charge in [-0.25, -0.2) is 0 Å². The second-order valence-electron chi connectivity index (χ2n) is 5.24. The van der Waals surface area contributed by atoms with Crippen molar-refractivity contribution in [1.29, 1.82) is 0 Å². The Morgan fingerprint density at radius 1 is 1.25 bits per heavy atom. The van der Waals surface area contributed by atoms with Gasteiger partial charge in [-0.3, -0.25) is 10.1 Å². The number of hydrogen-bond donors (Lipinski definition) is 1. The molecule has 1 N–H and O–H groups in total. The maximum absolute atomic E-state index is 12.4. The first-order chi connectivity index (χ1) is 11.6. The smallest absolute Gasteiger partial charge is 0.267 e. The van der Waals surface area contributed by atoms with Crippen LogP contribution in [0.1, 0.15) is 37.8 Å². The van der Waals surface area contributed by atoms with Gasteiger partial charge in [0.15, 0.2) is 17.6 Å². The number of aromatic nitrogens is 2. The van der Waals surface area contributed by atoms with Crippen molar-refractivity contribution >= 4 is 22.4 Å². The summed E-state index contributed by atoms with van der Waals surface area (Å²) in [5.41, 5.74) is 1.07. The van der Waals surface area contributed by atoms with Crippen molar-refractivity contribution in [3.63, 3.8) is 0 Å². The highest BCUT2D eigenvalue weighted by Crippen LogP contribution is 2.30. The Morgan fingerprint density at radius 3 is 2.67 bits per heavy atom. The third kappa shape index (κ3) is 4.67. The van der Waals surface area contributed by atoms with E-state index in [0.29, 0.717) is 29.7 Å². The van der Waals surface area contributed by atoms with E-state index < -0.39 is 6.10 Å². The molecule has 0 fully saturated rings. The summed E-state index contributed by atoms with van der Waals surface area (Å²) < 4.78 is 11.5. The van der Waals surface area contributed by atoms with Crippen LogP contribution in [0.4, 0.5) is 5.13 Å². The maximum Gasteiger partial charge on any atom is 0.267 e. The maximum atomic E-state index is 12.4. The van der Waals surface area contributed by atoms with E-state index in [1.807, 2.05) is 45.9 Å². The molecule has 7 heteroatoms. The first kappa shape index (κ1) is 18.2. The third-order valence-corrected chi connectivity index (χ3v) is 4.31. The van der Waals surface area contributed by atoms with Crippen molar-refractivity contribution in [2.45, 2.75) is 46.6 Å². The minimum absolute atomic E-state index is 0.237. The Morgan fingerprint density at radius 2 is 2.04 bits per heavy atom. The average Bonchev–Trinajstić information content (AvgIpc) is 3.02. The van der Waals surface area contributed by atoms with Crippen LogP contribution >= 0.6 is 11.3 Å². The van der Waals surface area contributed by atoms with E-state index in [-0.39, 0.29) is 5.91 Å². The van der Waals surface area contributed by atoms with Crippen LogP contribution < -0.4 is 14.8 Å². The van der Waals surface area contributed by atoms with Crippen LogP contribution in [0.3, 0.4) is 0 Å². The number of amides is 1. The molecule has 2 rings (SSSR count). The lowest BCUT2D eigenvalue weighted by atomic mass is 10.2. The quantitative estimate of drug-likeness (QED) is 0.788. The summed E-state index contributed by atoms with van der Waals surface area (Å²) in [6, 6.07) is 5.67. The molecule has 0 aliphatic heterocycles. The first-order valence-corrected chi connectivity index (χ1v) is 8.92. The molecule has 0 aliphatic carbocycles. The number of aryl methyl sites for hydroxylation is 2. The van der Waals surface area contributed by atoms with Gasteiger partial charge in [0, 0.05) is 0 Å². The second kappa shape index (κ2) is 8.63. The number of nitrogens with one attached hydrogen (secondary N) is 1. The van der Waals surface area contributed by atoms with Crippen molar-refractivity contribution in [3.05, 3.63) is 28.8 Å². The lowest BCUT2D eigenvalue weighted by Crippen LogP contribution is -2.32. The minimum Gasteiger partial charge on any atom is -0.490 e. The van der Waals surface area contributed by atoms with Gasteiger partial charge in [-0.2, -0.15) is 0 Å². The number of benzene rings is 1. The van der Waals surface area contributed by atoms with E-state index in [4.69, 9.17) is 9.47 Å². The Kier molecular flexibility index (Phi) is 6.54. The number of hydrogen-bond acceptors (Lipinski definition) is 6. The Balaban J connectivity index is 2.09. The van der Waals surface area contributed by atoms with Crippen molar-refractivity contribution < 1.29 is 14.3 Å². The van der Waals surface area contributed by atoms with Gasteiger partial charge in [0.1, 0.15) is 5.01 Å². The molecule has 0 saturated carbocycles. The highest BCUT2D eigenvalue weighted by molar-refractivity contribution is 7.15. The molecular formula is C17H23N3O3S. The van der Waals surface area contributed by atoms with Crippen LogP contribution in [0.25, 0.3) is 0 Å². The fraction of sp³-hybridized carbons (Fsp3) is 0.471. The van der Waals surface area contributed by atoms with E-state index in [0.717, 1.165) is 17.0 Å². The molecule has 24 heavy (non-hydrogen) atoms. The standard InChI is InChI=1S/C17H23N3O3S/c1-5-12(16(21)18-17-20-19-15(6-2)24-17)23-13-9-8-11(4)10-14(13)22-7-3/h8-10,12H,5-7H2,1-4H3,(H,18,20,21)/t12-/m0/s1. The molecule has 6 nitrogen and oxygen atoms in total. The molecule has 0 unspecified atom stereocenters. The van der Waals surface area contributed by atoms with Crippen LogP contribution in [0.2, 0.25) is 0 Å². The molecule has 1 aromatic heterocycles. The largest absolute Gasteiger partial charge is 0.490 e. The van der Waals surface area contributed by atoms with Crippen LogP contribution in [0, 0.1) is 6.92 Å². The molecule has 0 radical (unpaired) electrons. The highest BCUT2D eigenvalue weighted by Gasteiger charge is 2.21. The lowest BCUT2D eigenvalue weighted by Gasteiger charge is -2.19. The SMILES string of the molecule is CCOc1cc(C)ccc1O[C@@H](CC)C(=O)Nc1nnc(CC)s1. The minimum atomic E-state index is -0.624. The molecule has 130 valence electrons. The number of anilines is 1. The van der Waals surface area contributed by atoms with Crippen LogP contribution in [0.15, 0.2) is 18.2 Å².